The fourth-order valence-corrected chi connectivity index (χ4v) is 4.66. The molecule has 2 aliphatic heterocycles. The van der Waals surface area contributed by atoms with Crippen LogP contribution in [0.2, 0.25) is 0 Å². The van der Waals surface area contributed by atoms with E-state index in [1.807, 2.05) is 22.3 Å². The van der Waals surface area contributed by atoms with Gasteiger partial charge in [0.25, 0.3) is 0 Å². The first-order chi connectivity index (χ1) is 10.8. The summed E-state index contributed by atoms with van der Waals surface area (Å²) in [6.07, 6.45) is 4.20. The standard InChI is InChI=1S/C17H21N3OS/c21-17(14-5-3-9-18-14)20-10-7-12(8-11-20)16-19-13-4-1-2-6-15(13)22-16/h1-2,4,6,12,14,18H,3,5,7-11H2/t14-/m0/s1. The molecule has 2 aromatic rings. The molecule has 2 fully saturated rings. The first-order valence-electron chi connectivity index (χ1n) is 8.19. The van der Waals surface area contributed by atoms with Gasteiger partial charge in [-0.25, -0.2) is 4.98 Å². The van der Waals surface area contributed by atoms with Gasteiger partial charge in [-0.15, -0.1) is 11.3 Å². The topological polar surface area (TPSA) is 45.2 Å². The fourth-order valence-electron chi connectivity index (χ4n) is 3.53. The Morgan fingerprint density at radius 2 is 2.05 bits per heavy atom. The minimum absolute atomic E-state index is 0.0685. The van der Waals surface area contributed by atoms with Gasteiger partial charge >= 0.3 is 0 Å². The summed E-state index contributed by atoms with van der Waals surface area (Å²) in [6, 6.07) is 8.40. The Balaban J connectivity index is 1.41. The van der Waals surface area contributed by atoms with Crippen LogP contribution in [0.5, 0.6) is 0 Å². The fraction of sp³-hybridized carbons (Fsp3) is 0.529. The molecule has 1 amide bonds. The second-order valence-electron chi connectivity index (χ2n) is 6.27. The lowest BCUT2D eigenvalue weighted by atomic mass is 9.97. The molecule has 3 heterocycles. The van der Waals surface area contributed by atoms with Crippen LogP contribution in [0.3, 0.4) is 0 Å². The predicted molar refractivity (Wildman–Crippen MR) is 89.2 cm³/mol. The van der Waals surface area contributed by atoms with E-state index >= 15 is 0 Å². The Labute approximate surface area is 134 Å². The van der Waals surface area contributed by atoms with Gasteiger partial charge in [-0.3, -0.25) is 4.79 Å². The summed E-state index contributed by atoms with van der Waals surface area (Å²) >= 11 is 1.81. The molecule has 0 bridgehead atoms. The third kappa shape index (κ3) is 2.63. The minimum atomic E-state index is 0.0685. The first-order valence-corrected chi connectivity index (χ1v) is 9.00. The van der Waals surface area contributed by atoms with Gasteiger partial charge in [0.15, 0.2) is 0 Å². The Kier molecular flexibility index (Phi) is 3.84. The zero-order valence-corrected chi connectivity index (χ0v) is 13.4. The van der Waals surface area contributed by atoms with Crippen LogP contribution in [0.25, 0.3) is 10.2 Å². The maximum Gasteiger partial charge on any atom is 0.239 e. The maximum absolute atomic E-state index is 12.4. The molecule has 22 heavy (non-hydrogen) atoms. The molecule has 2 saturated heterocycles. The Bertz CT molecular complexity index is 636. The number of carbonyl (C=O) groups is 1. The Hall–Kier alpha value is -1.46. The van der Waals surface area contributed by atoms with Gasteiger partial charge in [-0.1, -0.05) is 12.1 Å². The number of piperidine rings is 1. The summed E-state index contributed by atoms with van der Waals surface area (Å²) in [4.78, 5) is 19.3. The number of hydrogen-bond donors (Lipinski definition) is 1. The summed E-state index contributed by atoms with van der Waals surface area (Å²) in [6.45, 7) is 2.73. The number of thiazole rings is 1. The molecule has 0 spiro atoms. The molecule has 0 aliphatic carbocycles. The van der Waals surface area contributed by atoms with Gasteiger partial charge in [-0.2, -0.15) is 0 Å². The number of para-hydroxylation sites is 1. The third-order valence-electron chi connectivity index (χ3n) is 4.82. The number of likely N-dealkylation sites (tertiary alicyclic amines) is 1. The van der Waals surface area contributed by atoms with Gasteiger partial charge < -0.3 is 10.2 Å². The SMILES string of the molecule is O=C([C@@H]1CCCN1)N1CCC(c2nc3ccccc3s2)CC1. The van der Waals surface area contributed by atoms with Crippen LogP contribution in [0, 0.1) is 0 Å². The van der Waals surface area contributed by atoms with Crippen molar-refractivity contribution in [3.05, 3.63) is 29.3 Å². The lowest BCUT2D eigenvalue weighted by Gasteiger charge is -2.32. The van der Waals surface area contributed by atoms with Crippen molar-refractivity contribution in [1.29, 1.82) is 0 Å². The first kappa shape index (κ1) is 14.2. The average Bonchev–Trinajstić information content (AvgIpc) is 3.23. The number of carbonyl (C=O) groups excluding carboxylic acids is 1. The van der Waals surface area contributed by atoms with Gasteiger partial charge in [0.2, 0.25) is 5.91 Å². The zero-order valence-electron chi connectivity index (χ0n) is 12.6. The summed E-state index contributed by atoms with van der Waals surface area (Å²) in [5.74, 6) is 0.818. The second-order valence-corrected chi connectivity index (χ2v) is 7.33. The number of fused-ring (bicyclic) bond motifs is 1. The quantitative estimate of drug-likeness (QED) is 0.927. The molecule has 4 rings (SSSR count). The highest BCUT2D eigenvalue weighted by atomic mass is 32.1. The predicted octanol–water partition coefficient (Wildman–Crippen LogP) is 2.75. The Morgan fingerprint density at radius 1 is 1.23 bits per heavy atom. The number of nitrogens with zero attached hydrogens (tertiary/aromatic N) is 2. The average molecular weight is 315 g/mol. The van der Waals surface area contributed by atoms with Gasteiger partial charge in [0.1, 0.15) is 0 Å². The highest BCUT2D eigenvalue weighted by molar-refractivity contribution is 7.18. The van der Waals surface area contributed by atoms with Crippen molar-refractivity contribution in [2.75, 3.05) is 19.6 Å². The molecule has 0 unspecified atom stereocenters. The van der Waals surface area contributed by atoms with E-state index in [-0.39, 0.29) is 6.04 Å². The number of amides is 1. The van der Waals surface area contributed by atoms with Crippen molar-refractivity contribution in [2.45, 2.75) is 37.6 Å². The van der Waals surface area contributed by atoms with Crippen molar-refractivity contribution < 1.29 is 4.79 Å². The van der Waals surface area contributed by atoms with E-state index in [4.69, 9.17) is 4.98 Å². The van der Waals surface area contributed by atoms with Crippen LogP contribution >= 0.6 is 11.3 Å². The third-order valence-corrected chi connectivity index (χ3v) is 6.02. The highest BCUT2D eigenvalue weighted by Crippen LogP contribution is 2.34. The minimum Gasteiger partial charge on any atom is -0.341 e. The highest BCUT2D eigenvalue weighted by Gasteiger charge is 2.31. The van der Waals surface area contributed by atoms with Gasteiger partial charge in [-0.05, 0) is 44.4 Å². The van der Waals surface area contributed by atoms with Crippen molar-refractivity contribution in [2.24, 2.45) is 0 Å². The van der Waals surface area contributed by atoms with E-state index in [0.717, 1.165) is 50.8 Å². The van der Waals surface area contributed by atoms with Crippen LogP contribution in [0.15, 0.2) is 24.3 Å². The van der Waals surface area contributed by atoms with Gasteiger partial charge in [0, 0.05) is 19.0 Å². The molecule has 116 valence electrons. The van der Waals surface area contributed by atoms with E-state index in [1.165, 1.54) is 9.71 Å². The summed E-state index contributed by atoms with van der Waals surface area (Å²) in [7, 11) is 0. The number of benzene rings is 1. The van der Waals surface area contributed by atoms with E-state index in [1.54, 1.807) is 0 Å². The molecular formula is C17H21N3OS. The van der Waals surface area contributed by atoms with E-state index in [2.05, 4.69) is 23.5 Å². The second kappa shape index (κ2) is 5.97. The molecule has 4 nitrogen and oxygen atoms in total. The van der Waals surface area contributed by atoms with Crippen LogP contribution in [0.4, 0.5) is 0 Å². The van der Waals surface area contributed by atoms with Crippen molar-refractivity contribution in [1.82, 2.24) is 15.2 Å². The number of rotatable bonds is 2. The molecule has 0 saturated carbocycles. The smallest absolute Gasteiger partial charge is 0.239 e. The van der Waals surface area contributed by atoms with E-state index in [9.17, 15) is 4.79 Å². The summed E-state index contributed by atoms with van der Waals surface area (Å²) in [5, 5.41) is 4.56. The number of hydrogen-bond acceptors (Lipinski definition) is 4. The molecule has 1 aromatic carbocycles. The molecule has 5 heteroatoms. The molecule has 0 radical (unpaired) electrons. The van der Waals surface area contributed by atoms with E-state index in [0.29, 0.717) is 11.8 Å². The summed E-state index contributed by atoms with van der Waals surface area (Å²) in [5.41, 5.74) is 1.11. The van der Waals surface area contributed by atoms with Crippen LogP contribution in [-0.2, 0) is 4.79 Å². The largest absolute Gasteiger partial charge is 0.341 e. The van der Waals surface area contributed by atoms with Crippen LogP contribution in [-0.4, -0.2) is 41.5 Å². The lowest BCUT2D eigenvalue weighted by molar-refractivity contribution is -0.134. The van der Waals surface area contributed by atoms with Crippen molar-refractivity contribution in [3.8, 4) is 0 Å². The number of nitrogens with one attached hydrogen (secondary N) is 1. The summed E-state index contributed by atoms with van der Waals surface area (Å²) < 4.78 is 1.27. The number of aromatic nitrogens is 1. The molecule has 1 N–H and O–H groups in total. The maximum atomic E-state index is 12.4. The molecule has 2 aliphatic rings. The Morgan fingerprint density at radius 3 is 2.77 bits per heavy atom. The monoisotopic (exact) mass is 315 g/mol. The van der Waals surface area contributed by atoms with Crippen LogP contribution in [0.1, 0.15) is 36.6 Å². The molecular weight excluding hydrogens is 294 g/mol. The molecule has 1 atom stereocenters. The lowest BCUT2D eigenvalue weighted by Crippen LogP contribution is -2.46. The zero-order chi connectivity index (χ0) is 14.9. The molecule has 1 aromatic heterocycles. The van der Waals surface area contributed by atoms with Crippen molar-refractivity contribution >= 4 is 27.5 Å². The van der Waals surface area contributed by atoms with Crippen molar-refractivity contribution in [3.63, 3.8) is 0 Å². The van der Waals surface area contributed by atoms with E-state index < -0.39 is 0 Å². The van der Waals surface area contributed by atoms with Crippen LogP contribution < -0.4 is 5.32 Å². The normalized spacial score (nSPS) is 23.3. The van der Waals surface area contributed by atoms with Gasteiger partial charge in [0.05, 0.1) is 21.3 Å².